The number of anilines is 1. The van der Waals surface area contributed by atoms with Crippen LogP contribution in [0.4, 0.5) is 10.1 Å². The molecular formula is C16H14BrFN2O. The summed E-state index contributed by atoms with van der Waals surface area (Å²) >= 11 is 3.34. The van der Waals surface area contributed by atoms with Crippen molar-refractivity contribution in [2.75, 3.05) is 11.9 Å². The fourth-order valence-corrected chi connectivity index (χ4v) is 3.25. The van der Waals surface area contributed by atoms with Crippen molar-refractivity contribution in [3.8, 4) is 0 Å². The predicted octanol–water partition coefficient (Wildman–Crippen LogP) is 3.16. The van der Waals surface area contributed by atoms with Gasteiger partial charge >= 0.3 is 0 Å². The number of fused-ring (bicyclic) bond motifs is 1. The SMILES string of the molecule is CN1C(=O)Cc2cc(C(N)c3c(F)cccc3Br)ccc21. The molecule has 0 aromatic heterocycles. The van der Waals surface area contributed by atoms with E-state index in [9.17, 15) is 9.18 Å². The molecule has 5 heteroatoms. The highest BCUT2D eigenvalue weighted by atomic mass is 79.9. The molecule has 3 nitrogen and oxygen atoms in total. The molecule has 0 aliphatic carbocycles. The first-order valence-electron chi connectivity index (χ1n) is 6.58. The lowest BCUT2D eigenvalue weighted by Gasteiger charge is -2.17. The van der Waals surface area contributed by atoms with Gasteiger partial charge in [0, 0.05) is 22.8 Å². The summed E-state index contributed by atoms with van der Waals surface area (Å²) in [6.45, 7) is 0. The molecule has 0 fully saturated rings. The van der Waals surface area contributed by atoms with Gasteiger partial charge in [-0.25, -0.2) is 4.39 Å². The van der Waals surface area contributed by atoms with Crippen molar-refractivity contribution in [3.63, 3.8) is 0 Å². The van der Waals surface area contributed by atoms with Crippen molar-refractivity contribution in [2.45, 2.75) is 12.5 Å². The van der Waals surface area contributed by atoms with E-state index >= 15 is 0 Å². The Morgan fingerprint density at radius 1 is 1.33 bits per heavy atom. The Morgan fingerprint density at radius 2 is 2.10 bits per heavy atom. The first-order valence-corrected chi connectivity index (χ1v) is 7.37. The molecule has 108 valence electrons. The van der Waals surface area contributed by atoms with Crippen LogP contribution in [0.1, 0.15) is 22.7 Å². The van der Waals surface area contributed by atoms with Gasteiger partial charge in [0.1, 0.15) is 5.82 Å². The van der Waals surface area contributed by atoms with Crippen LogP contribution in [0.2, 0.25) is 0 Å². The molecule has 1 amide bonds. The molecule has 1 unspecified atom stereocenters. The van der Waals surface area contributed by atoms with E-state index in [4.69, 9.17) is 5.73 Å². The Kier molecular flexibility index (Phi) is 3.55. The van der Waals surface area contributed by atoms with Crippen molar-refractivity contribution in [3.05, 3.63) is 63.4 Å². The number of nitrogens with two attached hydrogens (primary N) is 1. The standard InChI is InChI=1S/C16H14BrFN2O/c1-20-13-6-5-9(7-10(13)8-14(20)21)16(19)15-11(17)3-2-4-12(15)18/h2-7,16H,8,19H2,1H3. The number of rotatable bonds is 2. The molecule has 3 rings (SSSR count). The van der Waals surface area contributed by atoms with Crippen molar-refractivity contribution in [2.24, 2.45) is 5.73 Å². The summed E-state index contributed by atoms with van der Waals surface area (Å²) in [4.78, 5) is 13.3. The Bertz CT molecular complexity index is 712. The number of amides is 1. The van der Waals surface area contributed by atoms with E-state index in [1.54, 1.807) is 24.1 Å². The molecule has 1 atom stereocenters. The largest absolute Gasteiger partial charge is 0.320 e. The second-order valence-electron chi connectivity index (χ2n) is 5.13. The molecule has 1 heterocycles. The quantitative estimate of drug-likeness (QED) is 0.905. The summed E-state index contributed by atoms with van der Waals surface area (Å²) in [5.41, 5.74) is 9.26. The minimum absolute atomic E-state index is 0.0581. The lowest BCUT2D eigenvalue weighted by Crippen LogP contribution is -2.20. The number of carbonyl (C=O) groups excluding carboxylic acids is 1. The summed E-state index contributed by atoms with van der Waals surface area (Å²) in [5.74, 6) is -0.284. The highest BCUT2D eigenvalue weighted by Crippen LogP contribution is 2.34. The van der Waals surface area contributed by atoms with E-state index < -0.39 is 6.04 Å². The zero-order chi connectivity index (χ0) is 15.1. The second-order valence-corrected chi connectivity index (χ2v) is 5.99. The average Bonchev–Trinajstić information content (AvgIpc) is 2.73. The van der Waals surface area contributed by atoms with Gasteiger partial charge in [-0.3, -0.25) is 4.79 Å². The highest BCUT2D eigenvalue weighted by molar-refractivity contribution is 9.10. The predicted molar refractivity (Wildman–Crippen MR) is 83.7 cm³/mol. The van der Waals surface area contributed by atoms with Crippen molar-refractivity contribution in [1.82, 2.24) is 0 Å². The van der Waals surface area contributed by atoms with E-state index in [0.717, 1.165) is 16.8 Å². The molecule has 0 radical (unpaired) electrons. The van der Waals surface area contributed by atoms with Gasteiger partial charge in [-0.15, -0.1) is 0 Å². The van der Waals surface area contributed by atoms with E-state index in [0.29, 0.717) is 16.5 Å². The lowest BCUT2D eigenvalue weighted by molar-refractivity contribution is -0.117. The van der Waals surface area contributed by atoms with Gasteiger partial charge in [-0.1, -0.05) is 34.1 Å². The van der Waals surface area contributed by atoms with E-state index in [2.05, 4.69) is 15.9 Å². The van der Waals surface area contributed by atoms with Crippen LogP contribution in [0.3, 0.4) is 0 Å². The molecule has 0 spiro atoms. The maximum atomic E-state index is 14.0. The summed E-state index contributed by atoms with van der Waals surface area (Å²) in [5, 5.41) is 0. The first kappa shape index (κ1) is 14.2. The van der Waals surface area contributed by atoms with Crippen molar-refractivity contribution < 1.29 is 9.18 Å². The van der Waals surface area contributed by atoms with Gasteiger partial charge in [-0.05, 0) is 29.3 Å². The van der Waals surface area contributed by atoms with Gasteiger partial charge in [0.05, 0.1) is 12.5 Å². The number of hydrogen-bond donors (Lipinski definition) is 1. The monoisotopic (exact) mass is 348 g/mol. The Morgan fingerprint density at radius 3 is 2.81 bits per heavy atom. The van der Waals surface area contributed by atoms with Crippen LogP contribution in [0.25, 0.3) is 0 Å². The van der Waals surface area contributed by atoms with Gasteiger partial charge in [0.25, 0.3) is 0 Å². The van der Waals surface area contributed by atoms with E-state index in [1.807, 2.05) is 18.2 Å². The molecule has 21 heavy (non-hydrogen) atoms. The molecule has 2 N–H and O–H groups in total. The number of halogens is 2. The molecule has 2 aromatic carbocycles. The Labute approximate surface area is 130 Å². The molecule has 1 aliphatic rings. The summed E-state index contributed by atoms with van der Waals surface area (Å²) in [7, 11) is 1.75. The maximum Gasteiger partial charge on any atom is 0.231 e. The number of benzene rings is 2. The fourth-order valence-electron chi connectivity index (χ4n) is 2.66. The van der Waals surface area contributed by atoms with Crippen LogP contribution in [0.15, 0.2) is 40.9 Å². The third-order valence-corrected chi connectivity index (χ3v) is 4.54. The minimum atomic E-state index is -0.577. The third kappa shape index (κ3) is 2.36. The maximum absolute atomic E-state index is 14.0. The number of hydrogen-bond acceptors (Lipinski definition) is 2. The van der Waals surface area contributed by atoms with Crippen molar-refractivity contribution in [1.29, 1.82) is 0 Å². The van der Waals surface area contributed by atoms with Crippen LogP contribution in [-0.4, -0.2) is 13.0 Å². The molecule has 0 bridgehead atoms. The summed E-state index contributed by atoms with van der Waals surface area (Å²) < 4.78 is 14.7. The fraction of sp³-hybridized carbons (Fsp3) is 0.188. The molecule has 0 saturated carbocycles. The molecule has 1 aliphatic heterocycles. The zero-order valence-electron chi connectivity index (χ0n) is 11.4. The van der Waals surface area contributed by atoms with Crippen molar-refractivity contribution >= 4 is 27.5 Å². The Balaban J connectivity index is 2.02. The number of nitrogens with zero attached hydrogens (tertiary/aromatic N) is 1. The van der Waals surface area contributed by atoms with Gasteiger partial charge in [-0.2, -0.15) is 0 Å². The van der Waals surface area contributed by atoms with Crippen LogP contribution in [0, 0.1) is 5.82 Å². The van der Waals surface area contributed by atoms with Gasteiger partial charge in [0.2, 0.25) is 5.91 Å². The smallest absolute Gasteiger partial charge is 0.231 e. The second kappa shape index (κ2) is 5.24. The first-order chi connectivity index (χ1) is 9.99. The normalized spacial score (nSPS) is 15.2. The van der Waals surface area contributed by atoms with Gasteiger partial charge in [0.15, 0.2) is 0 Å². The number of carbonyl (C=O) groups is 1. The summed E-state index contributed by atoms with van der Waals surface area (Å²) in [6, 6.07) is 9.81. The van der Waals surface area contributed by atoms with Crippen LogP contribution < -0.4 is 10.6 Å². The van der Waals surface area contributed by atoms with Crippen LogP contribution in [0.5, 0.6) is 0 Å². The molecule has 0 saturated heterocycles. The van der Waals surface area contributed by atoms with E-state index in [-0.39, 0.29) is 11.7 Å². The van der Waals surface area contributed by atoms with Crippen LogP contribution in [-0.2, 0) is 11.2 Å². The minimum Gasteiger partial charge on any atom is -0.320 e. The zero-order valence-corrected chi connectivity index (χ0v) is 13.0. The van der Waals surface area contributed by atoms with E-state index in [1.165, 1.54) is 6.07 Å². The molecule has 2 aromatic rings. The molecular weight excluding hydrogens is 335 g/mol. The Hall–Kier alpha value is -1.72. The van der Waals surface area contributed by atoms with Gasteiger partial charge < -0.3 is 10.6 Å². The highest BCUT2D eigenvalue weighted by Gasteiger charge is 2.25. The lowest BCUT2D eigenvalue weighted by atomic mass is 9.96. The van der Waals surface area contributed by atoms with Crippen LogP contribution >= 0.6 is 15.9 Å². The number of likely N-dealkylation sites (N-methyl/N-ethyl adjacent to an activating group) is 1. The summed E-state index contributed by atoms with van der Waals surface area (Å²) in [6.07, 6.45) is 0.366. The average molecular weight is 349 g/mol. The third-order valence-electron chi connectivity index (χ3n) is 3.85. The topological polar surface area (TPSA) is 46.3 Å².